The molecule has 1 aliphatic heterocycles. The van der Waals surface area contributed by atoms with E-state index in [4.69, 9.17) is 9.47 Å². The normalized spacial score (nSPS) is 23.3. The third kappa shape index (κ3) is 4.81. The van der Waals surface area contributed by atoms with E-state index in [1.807, 2.05) is 12.1 Å². The van der Waals surface area contributed by atoms with Crippen LogP contribution < -0.4 is 20.1 Å². The third-order valence-corrected chi connectivity index (χ3v) is 6.29. The highest BCUT2D eigenvalue weighted by atomic mass is 35.5. The summed E-state index contributed by atoms with van der Waals surface area (Å²) < 4.78 is 10.8. The lowest BCUT2D eigenvalue weighted by Crippen LogP contribution is -2.43. The molecule has 1 saturated carbocycles. The Balaban J connectivity index is 0.00000240. The van der Waals surface area contributed by atoms with E-state index < -0.39 is 0 Å². The van der Waals surface area contributed by atoms with Gasteiger partial charge in [0, 0.05) is 35.8 Å². The Kier molecular flexibility index (Phi) is 7.30. The van der Waals surface area contributed by atoms with Crippen molar-refractivity contribution < 1.29 is 14.3 Å². The fourth-order valence-electron chi connectivity index (χ4n) is 4.79. The van der Waals surface area contributed by atoms with E-state index in [0.29, 0.717) is 18.5 Å². The first kappa shape index (κ1) is 21.8. The monoisotopic (exact) mass is 421 g/mol. The number of halogens is 1. The van der Waals surface area contributed by atoms with Gasteiger partial charge >= 0.3 is 0 Å². The lowest BCUT2D eigenvalue weighted by Gasteiger charge is -2.24. The van der Waals surface area contributed by atoms with Crippen LogP contribution in [-0.4, -0.2) is 43.7 Å². The molecule has 1 aromatic carbocycles. The summed E-state index contributed by atoms with van der Waals surface area (Å²) in [6, 6.07) is 6.56. The Morgan fingerprint density at radius 1 is 1.17 bits per heavy atom. The third-order valence-electron chi connectivity index (χ3n) is 6.29. The molecule has 160 valence electrons. The van der Waals surface area contributed by atoms with Crippen molar-refractivity contribution in [2.24, 2.45) is 5.92 Å². The number of fused-ring (bicyclic) bond motifs is 2. The summed E-state index contributed by atoms with van der Waals surface area (Å²) >= 11 is 0. The van der Waals surface area contributed by atoms with E-state index >= 15 is 0 Å². The average Bonchev–Trinajstić information content (AvgIpc) is 3.33. The number of amides is 1. The Hall–Kier alpha value is -1.92. The van der Waals surface area contributed by atoms with Gasteiger partial charge in [-0.05, 0) is 44.1 Å². The molecule has 3 atom stereocenters. The number of ether oxygens (including phenoxy) is 2. The average molecular weight is 422 g/mol. The quantitative estimate of drug-likeness (QED) is 0.597. The SMILES string of the molecule is COc1cc(OC)c2cc(CCCNC(=O)C3CC4CCCCC4N3)[nH]c2c1.Cl. The molecular weight excluding hydrogens is 390 g/mol. The minimum absolute atomic E-state index is 0. The first-order chi connectivity index (χ1) is 13.7. The first-order valence-corrected chi connectivity index (χ1v) is 10.5. The molecular formula is C22H32ClN3O3. The highest BCUT2D eigenvalue weighted by Crippen LogP contribution is 2.33. The minimum atomic E-state index is -0.00194. The lowest BCUT2D eigenvalue weighted by atomic mass is 9.85. The van der Waals surface area contributed by atoms with Gasteiger partial charge in [0.1, 0.15) is 11.5 Å². The van der Waals surface area contributed by atoms with Crippen LogP contribution in [0.1, 0.15) is 44.2 Å². The smallest absolute Gasteiger partial charge is 0.237 e. The second kappa shape index (κ2) is 9.72. The maximum atomic E-state index is 12.5. The molecule has 0 bridgehead atoms. The Morgan fingerprint density at radius 2 is 2.00 bits per heavy atom. The largest absolute Gasteiger partial charge is 0.497 e. The van der Waals surface area contributed by atoms with Crippen molar-refractivity contribution in [3.05, 3.63) is 23.9 Å². The molecule has 29 heavy (non-hydrogen) atoms. The molecule has 2 heterocycles. The second-order valence-electron chi connectivity index (χ2n) is 8.09. The molecule has 3 N–H and O–H groups in total. The van der Waals surface area contributed by atoms with Crippen LogP contribution >= 0.6 is 12.4 Å². The minimum Gasteiger partial charge on any atom is -0.497 e. The molecule has 6 nitrogen and oxygen atoms in total. The van der Waals surface area contributed by atoms with Gasteiger partial charge in [-0.1, -0.05) is 12.8 Å². The zero-order valence-electron chi connectivity index (χ0n) is 17.3. The highest BCUT2D eigenvalue weighted by molar-refractivity contribution is 5.88. The van der Waals surface area contributed by atoms with E-state index in [1.54, 1.807) is 14.2 Å². The molecule has 7 heteroatoms. The van der Waals surface area contributed by atoms with Gasteiger partial charge in [0.2, 0.25) is 5.91 Å². The molecule has 0 spiro atoms. The van der Waals surface area contributed by atoms with Crippen molar-refractivity contribution in [1.29, 1.82) is 0 Å². The summed E-state index contributed by atoms with van der Waals surface area (Å²) in [6.45, 7) is 0.697. The number of aromatic amines is 1. The molecule has 1 aromatic heterocycles. The number of aryl methyl sites for hydroxylation is 1. The van der Waals surface area contributed by atoms with Crippen LogP contribution in [-0.2, 0) is 11.2 Å². The Bertz CT molecular complexity index is 824. The fourth-order valence-corrected chi connectivity index (χ4v) is 4.79. The summed E-state index contributed by atoms with van der Waals surface area (Å²) in [6.07, 6.45) is 7.89. The molecule has 0 radical (unpaired) electrons. The number of methoxy groups -OCH3 is 2. The number of H-pyrrole nitrogens is 1. The van der Waals surface area contributed by atoms with Crippen molar-refractivity contribution in [3.8, 4) is 11.5 Å². The first-order valence-electron chi connectivity index (χ1n) is 10.5. The number of carbonyl (C=O) groups is 1. The summed E-state index contributed by atoms with van der Waals surface area (Å²) in [7, 11) is 3.32. The van der Waals surface area contributed by atoms with Crippen molar-refractivity contribution in [3.63, 3.8) is 0 Å². The van der Waals surface area contributed by atoms with E-state index in [9.17, 15) is 4.79 Å². The number of benzene rings is 1. The molecule has 2 aromatic rings. The zero-order chi connectivity index (χ0) is 19.5. The Labute approximate surface area is 178 Å². The van der Waals surface area contributed by atoms with E-state index in [0.717, 1.165) is 47.4 Å². The summed E-state index contributed by atoms with van der Waals surface area (Å²) in [5.74, 6) is 2.44. The summed E-state index contributed by atoms with van der Waals surface area (Å²) in [4.78, 5) is 15.9. The van der Waals surface area contributed by atoms with Gasteiger partial charge in [-0.2, -0.15) is 0 Å². The molecule has 1 aliphatic carbocycles. The molecule has 1 saturated heterocycles. The molecule has 4 rings (SSSR count). The van der Waals surface area contributed by atoms with Crippen LogP contribution in [0.25, 0.3) is 10.9 Å². The zero-order valence-corrected chi connectivity index (χ0v) is 18.1. The maximum absolute atomic E-state index is 12.5. The highest BCUT2D eigenvalue weighted by Gasteiger charge is 2.37. The van der Waals surface area contributed by atoms with E-state index in [-0.39, 0.29) is 24.4 Å². The van der Waals surface area contributed by atoms with Gasteiger partial charge < -0.3 is 25.1 Å². The number of carbonyl (C=O) groups excluding carboxylic acids is 1. The summed E-state index contributed by atoms with van der Waals surface area (Å²) in [5, 5.41) is 7.72. The van der Waals surface area contributed by atoms with Crippen molar-refractivity contribution >= 4 is 29.2 Å². The topological polar surface area (TPSA) is 75.4 Å². The molecule has 3 unspecified atom stereocenters. The van der Waals surface area contributed by atoms with Gasteiger partial charge in [0.15, 0.2) is 0 Å². The number of hydrogen-bond donors (Lipinski definition) is 3. The van der Waals surface area contributed by atoms with E-state index in [1.165, 1.54) is 25.7 Å². The van der Waals surface area contributed by atoms with Crippen LogP contribution in [0, 0.1) is 5.92 Å². The Morgan fingerprint density at radius 3 is 2.76 bits per heavy atom. The number of nitrogens with one attached hydrogen (secondary N) is 3. The van der Waals surface area contributed by atoms with Crippen LogP contribution in [0.15, 0.2) is 18.2 Å². The standard InChI is InChI=1S/C22H31N3O3.ClH/c1-27-16-12-19-17(21(13-16)28-2)11-15(24-19)7-5-9-23-22(26)20-10-14-6-3-4-8-18(14)25-20;/h11-14,18,20,24-25H,3-10H2,1-2H3,(H,23,26);1H. The molecule has 2 fully saturated rings. The lowest BCUT2D eigenvalue weighted by molar-refractivity contribution is -0.122. The van der Waals surface area contributed by atoms with Crippen LogP contribution in [0.4, 0.5) is 0 Å². The summed E-state index contributed by atoms with van der Waals surface area (Å²) in [5.41, 5.74) is 2.15. The van der Waals surface area contributed by atoms with Gasteiger partial charge in [-0.3, -0.25) is 4.79 Å². The molecule has 1 amide bonds. The maximum Gasteiger partial charge on any atom is 0.237 e. The van der Waals surface area contributed by atoms with Gasteiger partial charge in [-0.15, -0.1) is 12.4 Å². The van der Waals surface area contributed by atoms with Gasteiger partial charge in [-0.25, -0.2) is 0 Å². The van der Waals surface area contributed by atoms with Crippen LogP contribution in [0.3, 0.4) is 0 Å². The van der Waals surface area contributed by atoms with E-state index in [2.05, 4.69) is 21.7 Å². The predicted octanol–water partition coefficient (Wildman–Crippen LogP) is 3.58. The van der Waals surface area contributed by atoms with Gasteiger partial charge in [0.25, 0.3) is 0 Å². The number of rotatable bonds is 7. The van der Waals surface area contributed by atoms with Crippen molar-refractivity contribution in [2.45, 2.75) is 57.0 Å². The molecule has 2 aliphatic rings. The van der Waals surface area contributed by atoms with Gasteiger partial charge in [0.05, 0.1) is 25.8 Å². The van der Waals surface area contributed by atoms with Crippen molar-refractivity contribution in [1.82, 2.24) is 15.6 Å². The van der Waals surface area contributed by atoms with Crippen molar-refractivity contribution in [2.75, 3.05) is 20.8 Å². The number of hydrogen-bond acceptors (Lipinski definition) is 4. The predicted molar refractivity (Wildman–Crippen MR) is 117 cm³/mol. The van der Waals surface area contributed by atoms with Crippen LogP contribution in [0.5, 0.6) is 11.5 Å². The van der Waals surface area contributed by atoms with Crippen LogP contribution in [0.2, 0.25) is 0 Å². The fraction of sp³-hybridized carbons (Fsp3) is 0.591. The second-order valence-corrected chi connectivity index (χ2v) is 8.09. The number of aromatic nitrogens is 1.